The second-order valence-corrected chi connectivity index (χ2v) is 2.74. The Balaban J connectivity index is 2.43. The summed E-state index contributed by atoms with van der Waals surface area (Å²) < 4.78 is 6.63. The number of pyridine rings is 1. The lowest BCUT2D eigenvalue weighted by molar-refractivity contribution is 0.400. The summed E-state index contributed by atoms with van der Waals surface area (Å²) in [5.41, 5.74) is 7.02. The van der Waals surface area contributed by atoms with Crippen LogP contribution >= 0.6 is 0 Å². The number of anilines is 1. The van der Waals surface area contributed by atoms with E-state index in [4.69, 9.17) is 10.5 Å². The molecule has 0 atom stereocenters. The van der Waals surface area contributed by atoms with Crippen LogP contribution in [0.4, 0.5) is 5.69 Å². The third kappa shape index (κ3) is 1.39. The molecule has 5 nitrogen and oxygen atoms in total. The molecule has 14 heavy (non-hydrogen) atoms. The second-order valence-electron chi connectivity index (χ2n) is 2.74. The second kappa shape index (κ2) is 3.37. The molecule has 0 amide bonds. The summed E-state index contributed by atoms with van der Waals surface area (Å²) in [5, 5.41) is 4.06. The molecular formula is C9H10N4O. The number of methoxy groups -OCH3 is 1. The molecule has 0 spiro atoms. The number of ether oxygens (including phenoxy) is 1. The van der Waals surface area contributed by atoms with Gasteiger partial charge in [-0.1, -0.05) is 0 Å². The van der Waals surface area contributed by atoms with Crippen LogP contribution in [-0.4, -0.2) is 21.9 Å². The number of aromatic nitrogens is 3. The predicted molar refractivity (Wildman–Crippen MR) is 52.3 cm³/mol. The Hall–Kier alpha value is -2.04. The minimum absolute atomic E-state index is 0.431. The van der Waals surface area contributed by atoms with Crippen LogP contribution in [0, 0.1) is 0 Å². The third-order valence-corrected chi connectivity index (χ3v) is 1.83. The Kier molecular flexibility index (Phi) is 2.06. The van der Waals surface area contributed by atoms with Gasteiger partial charge in [-0.15, -0.1) is 0 Å². The molecule has 5 heteroatoms. The Morgan fingerprint density at radius 1 is 1.50 bits per heavy atom. The summed E-state index contributed by atoms with van der Waals surface area (Å²) in [4.78, 5) is 4.04. The first-order valence-electron chi connectivity index (χ1n) is 4.11. The minimum atomic E-state index is 0.431. The van der Waals surface area contributed by atoms with Crippen molar-refractivity contribution in [2.75, 3.05) is 12.8 Å². The highest BCUT2D eigenvalue weighted by molar-refractivity contribution is 5.53. The molecule has 0 saturated heterocycles. The molecule has 0 fully saturated rings. The van der Waals surface area contributed by atoms with Crippen molar-refractivity contribution in [3.05, 3.63) is 30.7 Å². The number of nitrogen functional groups attached to an aromatic ring is 1. The molecule has 0 aliphatic carbocycles. The molecule has 72 valence electrons. The number of hydrogen-bond acceptors (Lipinski definition) is 4. The molecule has 0 unspecified atom stereocenters. The number of rotatable bonds is 2. The maximum Gasteiger partial charge on any atom is 0.237 e. The average Bonchev–Trinajstić information content (AvgIpc) is 2.70. The zero-order valence-electron chi connectivity index (χ0n) is 7.71. The molecule has 2 heterocycles. The highest BCUT2D eigenvalue weighted by Gasteiger charge is 2.03. The lowest BCUT2D eigenvalue weighted by atomic mass is 10.3. The van der Waals surface area contributed by atoms with E-state index in [2.05, 4.69) is 10.1 Å². The van der Waals surface area contributed by atoms with Gasteiger partial charge in [-0.25, -0.2) is 9.67 Å². The number of nitrogens with two attached hydrogens (primary N) is 1. The van der Waals surface area contributed by atoms with Gasteiger partial charge in [0.1, 0.15) is 0 Å². The van der Waals surface area contributed by atoms with Crippen LogP contribution in [0.5, 0.6) is 5.88 Å². The van der Waals surface area contributed by atoms with Gasteiger partial charge in [0.05, 0.1) is 24.7 Å². The molecule has 2 rings (SSSR count). The van der Waals surface area contributed by atoms with Crippen molar-refractivity contribution in [1.82, 2.24) is 14.8 Å². The fourth-order valence-corrected chi connectivity index (χ4v) is 1.18. The van der Waals surface area contributed by atoms with Crippen LogP contribution in [0.15, 0.2) is 30.7 Å². The minimum Gasteiger partial charge on any atom is -0.480 e. The molecule has 0 bridgehead atoms. The Labute approximate surface area is 81.1 Å². The summed E-state index contributed by atoms with van der Waals surface area (Å²) in [6.45, 7) is 0. The number of nitrogens with zero attached hydrogens (tertiary/aromatic N) is 3. The molecule has 0 aromatic carbocycles. The van der Waals surface area contributed by atoms with E-state index in [0.717, 1.165) is 5.69 Å². The summed E-state index contributed by atoms with van der Waals surface area (Å²) in [6, 6.07) is 3.60. The van der Waals surface area contributed by atoms with Crippen LogP contribution in [0.1, 0.15) is 0 Å². The van der Waals surface area contributed by atoms with Gasteiger partial charge in [-0.3, -0.25) is 0 Å². The van der Waals surface area contributed by atoms with Crippen LogP contribution in [0.25, 0.3) is 5.69 Å². The first kappa shape index (κ1) is 8.55. The Bertz CT molecular complexity index is 424. The molecule has 2 N–H and O–H groups in total. The summed E-state index contributed by atoms with van der Waals surface area (Å²) >= 11 is 0. The predicted octanol–water partition coefficient (Wildman–Crippen LogP) is 0.858. The first-order valence-corrected chi connectivity index (χ1v) is 4.11. The Morgan fingerprint density at radius 3 is 2.93 bits per heavy atom. The topological polar surface area (TPSA) is 66.0 Å². The van der Waals surface area contributed by atoms with Crippen LogP contribution < -0.4 is 10.5 Å². The molecule has 0 aliphatic heterocycles. The van der Waals surface area contributed by atoms with E-state index < -0.39 is 0 Å². The van der Waals surface area contributed by atoms with Crippen LogP contribution in [-0.2, 0) is 0 Å². The molecule has 0 saturated carbocycles. The first-order chi connectivity index (χ1) is 6.81. The zero-order chi connectivity index (χ0) is 9.97. The quantitative estimate of drug-likeness (QED) is 0.762. The van der Waals surface area contributed by atoms with E-state index in [1.165, 1.54) is 7.11 Å². The van der Waals surface area contributed by atoms with E-state index in [1.807, 2.05) is 12.3 Å². The molecule has 0 radical (unpaired) electrons. The fraction of sp³-hybridized carbons (Fsp3) is 0.111. The van der Waals surface area contributed by atoms with Gasteiger partial charge >= 0.3 is 0 Å². The van der Waals surface area contributed by atoms with E-state index in [0.29, 0.717) is 11.6 Å². The van der Waals surface area contributed by atoms with E-state index in [9.17, 15) is 0 Å². The van der Waals surface area contributed by atoms with Crippen molar-refractivity contribution in [3.8, 4) is 11.6 Å². The largest absolute Gasteiger partial charge is 0.480 e. The van der Waals surface area contributed by atoms with Crippen molar-refractivity contribution in [3.63, 3.8) is 0 Å². The van der Waals surface area contributed by atoms with Crippen LogP contribution in [0.3, 0.4) is 0 Å². The SMILES string of the molecule is COc1ncc(-n2cccn2)cc1N. The van der Waals surface area contributed by atoms with Crippen molar-refractivity contribution in [1.29, 1.82) is 0 Å². The monoisotopic (exact) mass is 190 g/mol. The Morgan fingerprint density at radius 2 is 2.36 bits per heavy atom. The van der Waals surface area contributed by atoms with Gasteiger partial charge in [0, 0.05) is 12.4 Å². The normalized spacial score (nSPS) is 10.1. The van der Waals surface area contributed by atoms with E-state index in [-0.39, 0.29) is 0 Å². The summed E-state index contributed by atoms with van der Waals surface area (Å²) in [6.07, 6.45) is 5.17. The smallest absolute Gasteiger partial charge is 0.237 e. The maximum absolute atomic E-state index is 5.71. The van der Waals surface area contributed by atoms with Gasteiger partial charge in [0.2, 0.25) is 5.88 Å². The average molecular weight is 190 g/mol. The van der Waals surface area contributed by atoms with E-state index >= 15 is 0 Å². The van der Waals surface area contributed by atoms with Gasteiger partial charge in [0.25, 0.3) is 0 Å². The fourth-order valence-electron chi connectivity index (χ4n) is 1.18. The summed E-state index contributed by atoms with van der Waals surface area (Å²) in [7, 11) is 1.53. The van der Waals surface area contributed by atoms with Gasteiger partial charge in [-0.05, 0) is 12.1 Å². The lowest BCUT2D eigenvalue weighted by Crippen LogP contribution is -2.00. The highest BCUT2D eigenvalue weighted by Crippen LogP contribution is 2.19. The lowest BCUT2D eigenvalue weighted by Gasteiger charge is -2.05. The summed E-state index contributed by atoms with van der Waals surface area (Å²) in [5.74, 6) is 0.431. The maximum atomic E-state index is 5.71. The number of hydrogen-bond donors (Lipinski definition) is 1. The van der Waals surface area contributed by atoms with Gasteiger partial charge < -0.3 is 10.5 Å². The van der Waals surface area contributed by atoms with Gasteiger partial charge in [0.15, 0.2) is 0 Å². The van der Waals surface area contributed by atoms with E-state index in [1.54, 1.807) is 23.1 Å². The van der Waals surface area contributed by atoms with Crippen molar-refractivity contribution in [2.24, 2.45) is 0 Å². The molecular weight excluding hydrogens is 180 g/mol. The van der Waals surface area contributed by atoms with Crippen molar-refractivity contribution >= 4 is 5.69 Å². The van der Waals surface area contributed by atoms with Crippen molar-refractivity contribution < 1.29 is 4.74 Å². The van der Waals surface area contributed by atoms with Gasteiger partial charge in [-0.2, -0.15) is 5.10 Å². The highest BCUT2D eigenvalue weighted by atomic mass is 16.5. The third-order valence-electron chi connectivity index (χ3n) is 1.83. The molecule has 2 aromatic rings. The molecule has 0 aliphatic rings. The van der Waals surface area contributed by atoms with Crippen molar-refractivity contribution in [2.45, 2.75) is 0 Å². The zero-order valence-corrected chi connectivity index (χ0v) is 7.71. The van der Waals surface area contributed by atoms with Crippen LogP contribution in [0.2, 0.25) is 0 Å². The standard InChI is InChI=1S/C9H10N4O/c1-14-9-8(10)5-7(6-11-9)13-4-2-3-12-13/h2-6H,10H2,1H3. The molecule has 2 aromatic heterocycles.